The van der Waals surface area contributed by atoms with Crippen molar-refractivity contribution in [2.45, 2.75) is 18.9 Å². The molecule has 0 amide bonds. The lowest BCUT2D eigenvalue weighted by molar-refractivity contribution is 0.279. The maximum absolute atomic E-state index is 11.8. The second-order valence-corrected chi connectivity index (χ2v) is 5.92. The van der Waals surface area contributed by atoms with Gasteiger partial charge in [0, 0.05) is 33.2 Å². The molecule has 92 valence electrons. The van der Waals surface area contributed by atoms with E-state index in [0.29, 0.717) is 19.1 Å². The fourth-order valence-corrected chi connectivity index (χ4v) is 2.81. The third-order valence-corrected chi connectivity index (χ3v) is 4.49. The van der Waals surface area contributed by atoms with Crippen molar-refractivity contribution >= 4 is 22.6 Å². The Hall–Kier alpha value is 0.120. The third-order valence-electron chi connectivity index (χ3n) is 2.58. The maximum Gasteiger partial charge on any atom is 0.281 e. The van der Waals surface area contributed by atoms with E-state index in [1.807, 2.05) is 7.05 Å². The predicted molar refractivity (Wildman–Crippen MR) is 63.5 cm³/mol. The van der Waals surface area contributed by atoms with Gasteiger partial charge in [0.2, 0.25) is 0 Å². The van der Waals surface area contributed by atoms with Crippen molar-refractivity contribution in [2.24, 2.45) is 0 Å². The molecule has 1 aliphatic rings. The molecule has 1 N–H and O–H groups in total. The van der Waals surface area contributed by atoms with Gasteiger partial charge < -0.3 is 5.32 Å². The van der Waals surface area contributed by atoms with Crippen molar-refractivity contribution in [2.75, 3.05) is 34.2 Å². The minimum Gasteiger partial charge on any atom is -0.316 e. The van der Waals surface area contributed by atoms with Gasteiger partial charge in [-0.25, -0.2) is 0 Å². The minimum atomic E-state index is -3.22. The van der Waals surface area contributed by atoms with E-state index in [9.17, 15) is 8.42 Å². The topological polar surface area (TPSA) is 52.7 Å². The Bertz CT molecular complexity index is 282. The molecule has 15 heavy (non-hydrogen) atoms. The van der Waals surface area contributed by atoms with Gasteiger partial charge in [-0.1, -0.05) is 0 Å². The molecule has 1 saturated heterocycles. The van der Waals surface area contributed by atoms with Crippen LogP contribution in [-0.4, -0.2) is 57.3 Å². The van der Waals surface area contributed by atoms with Crippen LogP contribution in [-0.2, 0) is 10.2 Å². The Morgan fingerprint density at radius 2 is 2.00 bits per heavy atom. The third kappa shape index (κ3) is 3.57. The molecule has 0 aliphatic carbocycles. The SMILES string of the molecule is CNC1CCCN(S(=O)(=O)N(C)C)C1.Cl. The van der Waals surface area contributed by atoms with Crippen LogP contribution in [0, 0.1) is 0 Å². The molecule has 0 radical (unpaired) electrons. The van der Waals surface area contributed by atoms with Gasteiger partial charge in [0.15, 0.2) is 0 Å². The van der Waals surface area contributed by atoms with Gasteiger partial charge >= 0.3 is 0 Å². The van der Waals surface area contributed by atoms with Gasteiger partial charge in [0.25, 0.3) is 10.2 Å². The summed E-state index contributed by atoms with van der Waals surface area (Å²) in [7, 11) is 1.79. The van der Waals surface area contributed by atoms with Crippen molar-refractivity contribution < 1.29 is 8.42 Å². The van der Waals surface area contributed by atoms with Crippen LogP contribution < -0.4 is 5.32 Å². The summed E-state index contributed by atoms with van der Waals surface area (Å²) >= 11 is 0. The molecule has 0 aromatic carbocycles. The molecular weight excluding hydrogens is 238 g/mol. The average molecular weight is 258 g/mol. The van der Waals surface area contributed by atoms with Crippen LogP contribution in [0.2, 0.25) is 0 Å². The lowest BCUT2D eigenvalue weighted by atomic mass is 10.1. The highest BCUT2D eigenvalue weighted by Gasteiger charge is 2.29. The van der Waals surface area contributed by atoms with Crippen LogP contribution in [0.5, 0.6) is 0 Å². The quantitative estimate of drug-likeness (QED) is 0.768. The van der Waals surface area contributed by atoms with E-state index in [0.717, 1.165) is 12.8 Å². The molecule has 7 heteroatoms. The second kappa shape index (κ2) is 6.00. The number of hydrogen-bond acceptors (Lipinski definition) is 3. The number of nitrogens with one attached hydrogen (secondary N) is 1. The van der Waals surface area contributed by atoms with E-state index >= 15 is 0 Å². The molecule has 0 saturated carbocycles. The Kier molecular flexibility index (Phi) is 6.05. The maximum atomic E-state index is 11.8. The van der Waals surface area contributed by atoms with Crippen LogP contribution in [0.25, 0.3) is 0 Å². The van der Waals surface area contributed by atoms with Crippen molar-refractivity contribution in [1.29, 1.82) is 0 Å². The summed E-state index contributed by atoms with van der Waals surface area (Å²) < 4.78 is 26.4. The summed E-state index contributed by atoms with van der Waals surface area (Å²) in [6.07, 6.45) is 1.98. The molecule has 1 rings (SSSR count). The van der Waals surface area contributed by atoms with Gasteiger partial charge in [0.05, 0.1) is 0 Å². The predicted octanol–water partition coefficient (Wildman–Crippen LogP) is -0.102. The number of rotatable bonds is 3. The normalized spacial score (nSPS) is 23.9. The zero-order valence-corrected chi connectivity index (χ0v) is 11.1. The second-order valence-electron chi connectivity index (χ2n) is 3.78. The molecule has 0 aromatic heterocycles. The van der Waals surface area contributed by atoms with Gasteiger partial charge in [0.1, 0.15) is 0 Å². The number of halogens is 1. The van der Waals surface area contributed by atoms with Gasteiger partial charge in [-0.3, -0.25) is 0 Å². The molecule has 1 fully saturated rings. The fraction of sp³-hybridized carbons (Fsp3) is 1.00. The number of hydrogen-bond donors (Lipinski definition) is 1. The van der Waals surface area contributed by atoms with Gasteiger partial charge in [-0.2, -0.15) is 17.0 Å². The largest absolute Gasteiger partial charge is 0.316 e. The summed E-state index contributed by atoms with van der Waals surface area (Å²) in [5.74, 6) is 0. The van der Waals surface area contributed by atoms with Crippen LogP contribution in [0.3, 0.4) is 0 Å². The van der Waals surface area contributed by atoms with E-state index in [1.165, 1.54) is 8.61 Å². The molecule has 0 aromatic rings. The van der Waals surface area contributed by atoms with Crippen LogP contribution in [0.1, 0.15) is 12.8 Å². The van der Waals surface area contributed by atoms with E-state index in [1.54, 1.807) is 14.1 Å². The summed E-state index contributed by atoms with van der Waals surface area (Å²) in [4.78, 5) is 0. The highest BCUT2D eigenvalue weighted by atomic mass is 35.5. The summed E-state index contributed by atoms with van der Waals surface area (Å²) in [5, 5.41) is 3.12. The van der Waals surface area contributed by atoms with Crippen LogP contribution in [0.15, 0.2) is 0 Å². The van der Waals surface area contributed by atoms with Crippen molar-refractivity contribution in [1.82, 2.24) is 13.9 Å². The zero-order chi connectivity index (χ0) is 10.8. The fourth-order valence-electron chi connectivity index (χ4n) is 1.62. The minimum absolute atomic E-state index is 0. The Labute approximate surface area is 98.4 Å². The van der Waals surface area contributed by atoms with Crippen LogP contribution in [0.4, 0.5) is 0 Å². The zero-order valence-electron chi connectivity index (χ0n) is 9.43. The monoisotopic (exact) mass is 257 g/mol. The summed E-state index contributed by atoms with van der Waals surface area (Å²) in [6, 6.07) is 0.290. The Balaban J connectivity index is 0.00000196. The first-order valence-electron chi connectivity index (χ1n) is 4.83. The lowest BCUT2D eigenvalue weighted by Gasteiger charge is -2.33. The summed E-state index contributed by atoms with van der Waals surface area (Å²) in [5.41, 5.74) is 0. The average Bonchev–Trinajstić information content (AvgIpc) is 2.17. The first-order chi connectivity index (χ1) is 6.48. The van der Waals surface area contributed by atoms with Gasteiger partial charge in [-0.15, -0.1) is 12.4 Å². The van der Waals surface area contributed by atoms with Crippen molar-refractivity contribution in [3.63, 3.8) is 0 Å². The van der Waals surface area contributed by atoms with E-state index in [2.05, 4.69) is 5.32 Å². The highest BCUT2D eigenvalue weighted by molar-refractivity contribution is 7.86. The number of likely N-dealkylation sites (N-methyl/N-ethyl adjacent to an activating group) is 1. The molecule has 0 bridgehead atoms. The Morgan fingerprint density at radius 1 is 1.40 bits per heavy atom. The number of nitrogens with zero attached hydrogens (tertiary/aromatic N) is 2. The smallest absolute Gasteiger partial charge is 0.281 e. The number of piperidine rings is 1. The van der Waals surface area contributed by atoms with Crippen molar-refractivity contribution in [3.8, 4) is 0 Å². The molecule has 1 unspecified atom stereocenters. The Morgan fingerprint density at radius 3 is 2.47 bits per heavy atom. The first-order valence-corrected chi connectivity index (χ1v) is 6.23. The van der Waals surface area contributed by atoms with E-state index in [4.69, 9.17) is 0 Å². The first kappa shape index (κ1) is 15.1. The standard InChI is InChI=1S/C8H19N3O2S.ClH/c1-9-8-5-4-6-11(7-8)14(12,13)10(2)3;/h8-9H,4-7H2,1-3H3;1H. The van der Waals surface area contributed by atoms with Crippen LogP contribution >= 0.6 is 12.4 Å². The lowest BCUT2D eigenvalue weighted by Crippen LogP contribution is -2.50. The van der Waals surface area contributed by atoms with Gasteiger partial charge in [-0.05, 0) is 19.9 Å². The molecule has 1 heterocycles. The molecular formula is C8H20ClN3O2S. The van der Waals surface area contributed by atoms with E-state index < -0.39 is 10.2 Å². The molecule has 1 aliphatic heterocycles. The molecule has 1 atom stereocenters. The molecule has 0 spiro atoms. The summed E-state index contributed by atoms with van der Waals surface area (Å²) in [6.45, 7) is 1.22. The van der Waals surface area contributed by atoms with Crippen molar-refractivity contribution in [3.05, 3.63) is 0 Å². The highest BCUT2D eigenvalue weighted by Crippen LogP contribution is 2.14. The molecule has 5 nitrogen and oxygen atoms in total. The van der Waals surface area contributed by atoms with E-state index in [-0.39, 0.29) is 12.4 Å².